The van der Waals surface area contributed by atoms with E-state index in [2.05, 4.69) is 10.3 Å². The highest BCUT2D eigenvalue weighted by Crippen LogP contribution is 2.68. The lowest BCUT2D eigenvalue weighted by molar-refractivity contribution is -0.123. The first-order valence-electron chi connectivity index (χ1n) is 16.1. The summed E-state index contributed by atoms with van der Waals surface area (Å²) in [5.74, 6) is -0.782. The molecular formula is C36H32FN3O7S2. The zero-order valence-electron chi connectivity index (χ0n) is 26.5. The van der Waals surface area contributed by atoms with Crippen molar-refractivity contribution in [3.8, 4) is 17.2 Å². The molecule has 4 aromatic rings. The number of nitrogens with one attached hydrogen (secondary N) is 2. The lowest BCUT2D eigenvalue weighted by Gasteiger charge is -2.43. The van der Waals surface area contributed by atoms with E-state index in [4.69, 9.17) is 14.2 Å². The van der Waals surface area contributed by atoms with Crippen molar-refractivity contribution in [1.29, 1.82) is 0 Å². The van der Waals surface area contributed by atoms with Crippen molar-refractivity contribution in [2.75, 3.05) is 30.5 Å². The van der Waals surface area contributed by atoms with Crippen LogP contribution in [-0.2, 0) is 14.4 Å². The minimum absolute atomic E-state index is 0.00509. The number of halogens is 1. The van der Waals surface area contributed by atoms with Gasteiger partial charge in [0, 0.05) is 21.7 Å². The first-order valence-corrected chi connectivity index (χ1v) is 17.8. The number of methoxy groups -OCH3 is 1. The number of thioether (sulfide) groups is 1. The van der Waals surface area contributed by atoms with Crippen molar-refractivity contribution in [3.05, 3.63) is 92.7 Å². The molecule has 2 saturated carbocycles. The average Bonchev–Trinajstić information content (AvgIpc) is 3.84. The van der Waals surface area contributed by atoms with Gasteiger partial charge in [-0.25, -0.2) is 4.39 Å². The SMILES string of the molecule is CCOc1cc([C@H]2c3sc(=O)[nH]c3SC3C2[C@H]2C[C@@H]3C3C(=O)N(c4ccc(OC)cc4)C(=O)C32)ccc1OCC(=O)Nc1ccc(F)cc1. The quantitative estimate of drug-likeness (QED) is 0.214. The number of anilines is 2. The number of hydrogen-bond acceptors (Lipinski definition) is 9. The molecule has 3 heterocycles. The third-order valence-electron chi connectivity index (χ3n) is 10.2. The fourth-order valence-corrected chi connectivity index (χ4v) is 11.2. The second-order valence-electron chi connectivity index (χ2n) is 12.7. The molecule has 2 aliphatic carbocycles. The maximum Gasteiger partial charge on any atom is 0.305 e. The van der Waals surface area contributed by atoms with Gasteiger partial charge in [0.1, 0.15) is 11.6 Å². The molecule has 252 valence electrons. The lowest BCUT2D eigenvalue weighted by atomic mass is 9.68. The van der Waals surface area contributed by atoms with Gasteiger partial charge in [0.2, 0.25) is 11.8 Å². The molecule has 2 N–H and O–H groups in total. The van der Waals surface area contributed by atoms with Crippen molar-refractivity contribution >= 4 is 52.2 Å². The number of aromatic amines is 1. The third kappa shape index (κ3) is 5.30. The predicted molar refractivity (Wildman–Crippen MR) is 182 cm³/mol. The second-order valence-corrected chi connectivity index (χ2v) is 14.9. The molecule has 13 heteroatoms. The van der Waals surface area contributed by atoms with Gasteiger partial charge >= 0.3 is 4.87 Å². The Bertz CT molecular complexity index is 2010. The molecule has 3 amide bonds. The Balaban J connectivity index is 1.09. The van der Waals surface area contributed by atoms with E-state index in [1.807, 2.05) is 19.1 Å². The Labute approximate surface area is 288 Å². The molecule has 4 unspecified atom stereocenters. The molecule has 4 aliphatic rings. The van der Waals surface area contributed by atoms with Gasteiger partial charge in [-0.05, 0) is 97.3 Å². The molecule has 3 fully saturated rings. The molecule has 1 aromatic heterocycles. The Morgan fingerprint density at radius 2 is 1.69 bits per heavy atom. The van der Waals surface area contributed by atoms with Crippen LogP contribution in [0.5, 0.6) is 17.2 Å². The zero-order chi connectivity index (χ0) is 34.0. The molecule has 10 nitrogen and oxygen atoms in total. The minimum atomic E-state index is -0.435. The van der Waals surface area contributed by atoms with E-state index in [0.29, 0.717) is 35.2 Å². The Morgan fingerprint density at radius 3 is 2.41 bits per heavy atom. The Morgan fingerprint density at radius 1 is 0.959 bits per heavy atom. The number of imide groups is 1. The number of thiazole rings is 1. The number of carbonyl (C=O) groups is 3. The van der Waals surface area contributed by atoms with Crippen LogP contribution in [0.25, 0.3) is 0 Å². The van der Waals surface area contributed by atoms with Gasteiger partial charge in [-0.3, -0.25) is 24.1 Å². The highest BCUT2D eigenvalue weighted by atomic mass is 32.2. The summed E-state index contributed by atoms with van der Waals surface area (Å²) in [6.07, 6.45) is 0.768. The van der Waals surface area contributed by atoms with Gasteiger partial charge in [0.25, 0.3) is 5.91 Å². The van der Waals surface area contributed by atoms with Crippen molar-refractivity contribution in [3.63, 3.8) is 0 Å². The highest BCUT2D eigenvalue weighted by molar-refractivity contribution is 8.00. The smallest absolute Gasteiger partial charge is 0.305 e. The van der Waals surface area contributed by atoms with Gasteiger partial charge in [0.15, 0.2) is 18.1 Å². The summed E-state index contributed by atoms with van der Waals surface area (Å²) in [6.45, 7) is 1.91. The topological polar surface area (TPSA) is 127 Å². The van der Waals surface area contributed by atoms with Gasteiger partial charge in [-0.15, -0.1) is 11.8 Å². The molecule has 8 rings (SSSR count). The average molecular weight is 702 g/mol. The number of hydrogen-bond donors (Lipinski definition) is 2. The van der Waals surface area contributed by atoms with Crippen molar-refractivity contribution in [1.82, 2.24) is 4.98 Å². The zero-order valence-corrected chi connectivity index (χ0v) is 28.1. The van der Waals surface area contributed by atoms with Crippen LogP contribution in [-0.4, -0.2) is 48.3 Å². The number of fused-ring (bicyclic) bond motifs is 9. The monoisotopic (exact) mass is 701 g/mol. The first-order chi connectivity index (χ1) is 23.7. The van der Waals surface area contributed by atoms with Crippen molar-refractivity contribution in [2.24, 2.45) is 29.6 Å². The Kier molecular flexibility index (Phi) is 7.98. The van der Waals surface area contributed by atoms with Crippen LogP contribution in [0.2, 0.25) is 0 Å². The number of aromatic nitrogens is 1. The summed E-state index contributed by atoms with van der Waals surface area (Å²) < 4.78 is 30.4. The number of H-pyrrole nitrogens is 1. The number of ether oxygens (including phenoxy) is 3. The maximum absolute atomic E-state index is 14.1. The lowest BCUT2D eigenvalue weighted by Crippen LogP contribution is -2.42. The van der Waals surface area contributed by atoms with Crippen LogP contribution >= 0.6 is 23.1 Å². The number of nitrogens with zero attached hydrogens (tertiary/aromatic N) is 1. The van der Waals surface area contributed by atoms with Gasteiger partial charge in [0.05, 0.1) is 36.3 Å². The van der Waals surface area contributed by atoms with Crippen molar-refractivity contribution in [2.45, 2.75) is 29.5 Å². The predicted octanol–water partition coefficient (Wildman–Crippen LogP) is 5.68. The molecule has 49 heavy (non-hydrogen) atoms. The Hall–Kier alpha value is -4.62. The number of rotatable bonds is 9. The van der Waals surface area contributed by atoms with Crippen LogP contribution in [0.3, 0.4) is 0 Å². The molecule has 2 aliphatic heterocycles. The fourth-order valence-electron chi connectivity index (χ4n) is 8.36. The van der Waals surface area contributed by atoms with Gasteiger partial charge in [-0.2, -0.15) is 0 Å². The van der Waals surface area contributed by atoms with Crippen LogP contribution < -0.4 is 29.3 Å². The number of benzene rings is 3. The summed E-state index contributed by atoms with van der Waals surface area (Å²) in [4.78, 5) is 58.5. The molecule has 0 spiro atoms. The second kappa shape index (κ2) is 12.4. The third-order valence-corrected chi connectivity index (χ3v) is 12.8. The summed E-state index contributed by atoms with van der Waals surface area (Å²) in [5, 5.41) is 3.53. The van der Waals surface area contributed by atoms with Crippen molar-refractivity contribution < 1.29 is 33.0 Å². The fraction of sp³-hybridized carbons (Fsp3) is 0.333. The summed E-state index contributed by atoms with van der Waals surface area (Å²) in [6, 6.07) is 18.0. The first kappa shape index (κ1) is 31.6. The van der Waals surface area contributed by atoms with Crippen LogP contribution in [0.1, 0.15) is 29.7 Å². The van der Waals surface area contributed by atoms with Crippen LogP contribution in [0.4, 0.5) is 15.8 Å². The van der Waals surface area contributed by atoms with Gasteiger partial charge < -0.3 is 24.5 Å². The minimum Gasteiger partial charge on any atom is -0.497 e. The van der Waals surface area contributed by atoms with E-state index < -0.39 is 23.6 Å². The molecular weight excluding hydrogens is 670 g/mol. The van der Waals surface area contributed by atoms with E-state index in [9.17, 15) is 23.6 Å². The molecule has 0 radical (unpaired) electrons. The molecule has 7 atom stereocenters. The van der Waals surface area contributed by atoms with E-state index in [1.54, 1.807) is 49.2 Å². The number of amides is 3. The van der Waals surface area contributed by atoms with E-state index in [-0.39, 0.29) is 52.2 Å². The van der Waals surface area contributed by atoms with E-state index >= 15 is 0 Å². The van der Waals surface area contributed by atoms with E-state index in [1.165, 1.54) is 40.5 Å². The summed E-state index contributed by atoms with van der Waals surface area (Å²) in [7, 11) is 1.57. The van der Waals surface area contributed by atoms with Crippen LogP contribution in [0.15, 0.2) is 76.6 Å². The van der Waals surface area contributed by atoms with E-state index in [0.717, 1.165) is 21.9 Å². The maximum atomic E-state index is 14.1. The highest BCUT2D eigenvalue weighted by Gasteiger charge is 2.69. The molecule has 2 bridgehead atoms. The largest absolute Gasteiger partial charge is 0.497 e. The molecule has 3 aromatic carbocycles. The number of carbonyl (C=O) groups excluding carboxylic acids is 3. The van der Waals surface area contributed by atoms with Crippen LogP contribution in [0, 0.1) is 35.4 Å². The summed E-state index contributed by atoms with van der Waals surface area (Å²) >= 11 is 2.81. The molecule has 1 saturated heterocycles. The normalized spacial score (nSPS) is 26.3. The van der Waals surface area contributed by atoms with Gasteiger partial charge in [-0.1, -0.05) is 17.4 Å². The standard InChI is InChI=1S/C36H32FN3O7S2/c1-3-46-25-14-17(4-13-24(25)47-16-26(41)38-19-7-5-18(37)6-8-19)27-28-22-15-23(31(28)48-33-32(27)49-36(44)39-33)30-29(22)34(42)40(35(30)43)20-9-11-21(45-2)12-10-20/h4-14,22-23,27-31H,3,15-16H2,1-2H3,(H,38,41)(H,39,44)/t22-,23-,27-,28?,29?,30?,31?/m1/s1. The summed E-state index contributed by atoms with van der Waals surface area (Å²) in [5.41, 5.74) is 1.90.